The molecule has 40 heavy (non-hydrogen) atoms. The summed E-state index contributed by atoms with van der Waals surface area (Å²) in [5, 5.41) is 0.695. The van der Waals surface area contributed by atoms with Crippen LogP contribution >= 0.6 is 39.0 Å². The van der Waals surface area contributed by atoms with Gasteiger partial charge in [-0.3, -0.25) is 14.2 Å². The number of fused-ring (bicyclic) bond motifs is 1. The van der Waals surface area contributed by atoms with Crippen LogP contribution in [-0.4, -0.2) is 35.6 Å². The van der Waals surface area contributed by atoms with Gasteiger partial charge < -0.3 is 14.1 Å². The van der Waals surface area contributed by atoms with E-state index in [2.05, 4.69) is 15.9 Å². The van der Waals surface area contributed by atoms with Crippen LogP contribution < -0.4 is 19.6 Å². The SMILES string of the molecule is CCN(CC)C(=O)C1=C(C)N=c2s/c(=C/c3cc(Br)c(Sc4ccccc4)o3)c(=O)n2[C@H]1c1ccccc1OC. The Labute approximate surface area is 248 Å². The Morgan fingerprint density at radius 2 is 1.88 bits per heavy atom. The fraction of sp³-hybridized carbons (Fsp3) is 0.233. The predicted molar refractivity (Wildman–Crippen MR) is 162 cm³/mol. The summed E-state index contributed by atoms with van der Waals surface area (Å²) in [7, 11) is 1.59. The molecule has 3 heterocycles. The first-order valence-corrected chi connectivity index (χ1v) is 15.3. The molecule has 0 bridgehead atoms. The van der Waals surface area contributed by atoms with Crippen molar-refractivity contribution in [1.29, 1.82) is 0 Å². The number of aromatic nitrogens is 1. The van der Waals surface area contributed by atoms with Crippen molar-refractivity contribution in [3.8, 4) is 5.75 Å². The number of nitrogens with zero attached hydrogens (tertiary/aromatic N) is 3. The molecule has 0 N–H and O–H groups in total. The third kappa shape index (κ3) is 5.35. The summed E-state index contributed by atoms with van der Waals surface area (Å²) in [6.07, 6.45) is 1.73. The molecule has 7 nitrogen and oxygen atoms in total. The van der Waals surface area contributed by atoms with E-state index < -0.39 is 6.04 Å². The highest BCUT2D eigenvalue weighted by Crippen LogP contribution is 2.37. The Morgan fingerprint density at radius 3 is 2.58 bits per heavy atom. The highest BCUT2D eigenvalue weighted by molar-refractivity contribution is 9.10. The average Bonchev–Trinajstić information content (AvgIpc) is 3.46. The molecule has 0 saturated heterocycles. The molecule has 0 radical (unpaired) electrons. The maximum absolute atomic E-state index is 14.0. The first kappa shape index (κ1) is 28.2. The maximum atomic E-state index is 14.0. The number of amides is 1. The summed E-state index contributed by atoms with van der Waals surface area (Å²) >= 11 is 6.35. The van der Waals surface area contributed by atoms with E-state index in [0.717, 1.165) is 14.9 Å². The lowest BCUT2D eigenvalue weighted by Gasteiger charge is -2.29. The number of allylic oxidation sites excluding steroid dienone is 1. The van der Waals surface area contributed by atoms with Gasteiger partial charge in [0.25, 0.3) is 11.5 Å². The number of methoxy groups -OCH3 is 1. The van der Waals surface area contributed by atoms with Gasteiger partial charge in [-0.25, -0.2) is 4.99 Å². The van der Waals surface area contributed by atoms with Crippen LogP contribution in [0.2, 0.25) is 0 Å². The zero-order chi connectivity index (χ0) is 28.4. The van der Waals surface area contributed by atoms with Crippen molar-refractivity contribution in [2.24, 2.45) is 4.99 Å². The van der Waals surface area contributed by atoms with Gasteiger partial charge in [-0.1, -0.05) is 59.5 Å². The highest BCUT2D eigenvalue weighted by Gasteiger charge is 2.35. The van der Waals surface area contributed by atoms with Crippen LogP contribution in [0.5, 0.6) is 5.75 Å². The van der Waals surface area contributed by atoms with Gasteiger partial charge in [0, 0.05) is 29.6 Å². The van der Waals surface area contributed by atoms with E-state index in [9.17, 15) is 9.59 Å². The normalized spacial score (nSPS) is 15.1. The smallest absolute Gasteiger partial charge is 0.271 e. The van der Waals surface area contributed by atoms with Crippen molar-refractivity contribution in [2.75, 3.05) is 20.2 Å². The number of likely N-dealkylation sites (N-methyl/N-ethyl adjacent to an activating group) is 1. The van der Waals surface area contributed by atoms with Gasteiger partial charge >= 0.3 is 0 Å². The summed E-state index contributed by atoms with van der Waals surface area (Å²) in [5.41, 5.74) is 1.53. The lowest BCUT2D eigenvalue weighted by molar-refractivity contribution is -0.127. The Hall–Kier alpha value is -3.34. The number of para-hydroxylation sites is 1. The molecule has 0 aliphatic carbocycles. The van der Waals surface area contributed by atoms with Crippen LogP contribution in [0.1, 0.15) is 38.1 Å². The third-order valence-electron chi connectivity index (χ3n) is 6.64. The minimum Gasteiger partial charge on any atom is -0.496 e. The number of hydrogen-bond acceptors (Lipinski definition) is 7. The molecule has 5 rings (SSSR count). The summed E-state index contributed by atoms with van der Waals surface area (Å²) in [5.74, 6) is 0.993. The molecule has 4 aromatic rings. The second-order valence-corrected chi connectivity index (χ2v) is 11.9. The fourth-order valence-electron chi connectivity index (χ4n) is 4.70. The largest absolute Gasteiger partial charge is 0.496 e. The number of ether oxygens (including phenoxy) is 1. The zero-order valence-corrected chi connectivity index (χ0v) is 25.7. The van der Waals surface area contributed by atoms with Crippen molar-refractivity contribution < 1.29 is 13.9 Å². The van der Waals surface area contributed by atoms with Crippen LogP contribution in [-0.2, 0) is 4.79 Å². The van der Waals surface area contributed by atoms with E-state index >= 15 is 0 Å². The van der Waals surface area contributed by atoms with Crippen molar-refractivity contribution >= 4 is 51.0 Å². The van der Waals surface area contributed by atoms with Crippen LogP contribution in [0.4, 0.5) is 0 Å². The summed E-state index contributed by atoms with van der Waals surface area (Å²) in [4.78, 5) is 35.8. The van der Waals surface area contributed by atoms with Crippen LogP contribution in [0.25, 0.3) is 6.08 Å². The predicted octanol–water partition coefficient (Wildman–Crippen LogP) is 5.62. The number of carbonyl (C=O) groups is 1. The minimum absolute atomic E-state index is 0.144. The summed E-state index contributed by atoms with van der Waals surface area (Å²) in [6, 6.07) is 18.6. The van der Waals surface area contributed by atoms with E-state index in [1.54, 1.807) is 22.7 Å². The van der Waals surface area contributed by atoms with Gasteiger partial charge in [-0.15, -0.1) is 0 Å². The molecule has 2 aromatic carbocycles. The van der Waals surface area contributed by atoms with Gasteiger partial charge in [0.05, 0.1) is 27.4 Å². The molecule has 1 atom stereocenters. The Bertz CT molecular complexity index is 1770. The molecule has 2 aromatic heterocycles. The van der Waals surface area contributed by atoms with Gasteiger partial charge in [0.1, 0.15) is 17.6 Å². The summed E-state index contributed by atoms with van der Waals surface area (Å²) < 4.78 is 14.6. The maximum Gasteiger partial charge on any atom is 0.271 e. The topological polar surface area (TPSA) is 77.0 Å². The first-order valence-electron chi connectivity index (χ1n) is 12.8. The number of thiazole rings is 1. The minimum atomic E-state index is -0.685. The Kier molecular flexibility index (Phi) is 8.48. The molecule has 0 unspecified atom stereocenters. The zero-order valence-electron chi connectivity index (χ0n) is 22.5. The number of furan rings is 1. The molecule has 206 valence electrons. The standard InChI is InChI=1S/C30H28BrN3O4S2/c1-5-33(6-2)28(36)25-18(3)32-30-34(26(25)21-14-10-11-15-23(21)37-4)27(35)24(40-30)17-19-16-22(31)29(38-19)39-20-12-8-7-9-13-20/h7-17,26H,5-6H2,1-4H3/b24-17+/t26-/m0/s1. The molecule has 1 aliphatic rings. The molecule has 0 spiro atoms. The number of benzene rings is 2. The number of rotatable bonds is 8. The monoisotopic (exact) mass is 637 g/mol. The van der Waals surface area contributed by atoms with Crippen molar-refractivity contribution in [2.45, 2.75) is 36.8 Å². The van der Waals surface area contributed by atoms with Crippen LogP contribution in [0, 0.1) is 0 Å². The molecular weight excluding hydrogens is 610 g/mol. The molecule has 1 amide bonds. The van der Waals surface area contributed by atoms with Crippen LogP contribution in [0.3, 0.4) is 0 Å². The van der Waals surface area contributed by atoms with E-state index in [-0.39, 0.29) is 11.5 Å². The summed E-state index contributed by atoms with van der Waals surface area (Å²) in [6.45, 7) is 6.80. The molecule has 1 aliphatic heterocycles. The van der Waals surface area contributed by atoms with Crippen molar-refractivity contribution in [3.63, 3.8) is 0 Å². The second-order valence-electron chi connectivity index (χ2n) is 9.00. The molecule has 10 heteroatoms. The second kappa shape index (κ2) is 12.0. The molecule has 0 fully saturated rings. The lowest BCUT2D eigenvalue weighted by atomic mass is 9.94. The lowest BCUT2D eigenvalue weighted by Crippen LogP contribution is -2.43. The van der Waals surface area contributed by atoms with Crippen molar-refractivity contribution in [3.05, 3.63) is 107 Å². The van der Waals surface area contributed by atoms with Gasteiger partial charge in [0.2, 0.25) is 0 Å². The Morgan fingerprint density at radius 1 is 1.18 bits per heavy atom. The molecular formula is C30H28BrN3O4S2. The van der Waals surface area contributed by atoms with E-state index in [4.69, 9.17) is 14.1 Å². The van der Waals surface area contributed by atoms with E-state index in [1.807, 2.05) is 81.4 Å². The number of carbonyl (C=O) groups excluding carboxylic acids is 1. The van der Waals surface area contributed by atoms with Gasteiger partial charge in [-0.2, -0.15) is 0 Å². The van der Waals surface area contributed by atoms with Crippen LogP contribution in [0.15, 0.2) is 101 Å². The molecule has 0 saturated carbocycles. The number of hydrogen-bond donors (Lipinski definition) is 0. The fourth-order valence-corrected chi connectivity index (χ4v) is 7.08. The quantitative estimate of drug-likeness (QED) is 0.251. The average molecular weight is 639 g/mol. The highest BCUT2D eigenvalue weighted by atomic mass is 79.9. The van der Waals surface area contributed by atoms with E-state index in [0.29, 0.717) is 50.3 Å². The Balaban J connectivity index is 1.65. The first-order chi connectivity index (χ1) is 19.4. The van der Waals surface area contributed by atoms with Gasteiger partial charge in [-0.05, 0) is 61.0 Å². The van der Waals surface area contributed by atoms with E-state index in [1.165, 1.54) is 23.1 Å². The van der Waals surface area contributed by atoms with Gasteiger partial charge in [0.15, 0.2) is 9.89 Å². The number of halogens is 1. The van der Waals surface area contributed by atoms with Crippen molar-refractivity contribution in [1.82, 2.24) is 9.47 Å². The third-order valence-corrected chi connectivity index (χ3v) is 9.47.